The van der Waals surface area contributed by atoms with Gasteiger partial charge in [-0.05, 0) is 23.8 Å². The van der Waals surface area contributed by atoms with Crippen molar-refractivity contribution in [3.05, 3.63) is 54.1 Å². The summed E-state index contributed by atoms with van der Waals surface area (Å²) >= 11 is 0. The summed E-state index contributed by atoms with van der Waals surface area (Å²) in [6.45, 7) is 0. The van der Waals surface area contributed by atoms with Gasteiger partial charge >= 0.3 is 5.97 Å². The van der Waals surface area contributed by atoms with Crippen LogP contribution in [0.1, 0.15) is 23.2 Å². The first-order chi connectivity index (χ1) is 10.7. The molecule has 0 atom stereocenters. The van der Waals surface area contributed by atoms with Crippen LogP contribution in [0.4, 0.5) is 0 Å². The molecule has 0 amide bonds. The van der Waals surface area contributed by atoms with E-state index in [4.69, 9.17) is 4.74 Å². The van der Waals surface area contributed by atoms with Crippen LogP contribution in [0.3, 0.4) is 0 Å². The summed E-state index contributed by atoms with van der Waals surface area (Å²) in [4.78, 5) is 23.3. The zero-order chi connectivity index (χ0) is 15.9. The standard InChI is InChI=1S/C18H18O4/c1-21-17-10-8-14(16(19)9-11-18(20)22-2)12-15(17)13-6-4-3-5-7-13/h3-8,10,12H,9,11H2,1-2H3. The number of Topliss-reactive ketones (excluding diaryl/α,β-unsaturated/α-hetero) is 1. The maximum absolute atomic E-state index is 12.2. The molecule has 2 aromatic carbocycles. The molecular formula is C18H18O4. The largest absolute Gasteiger partial charge is 0.496 e. The zero-order valence-electron chi connectivity index (χ0n) is 12.7. The fourth-order valence-corrected chi connectivity index (χ4v) is 2.19. The Kier molecular flexibility index (Phi) is 5.31. The quantitative estimate of drug-likeness (QED) is 0.605. The molecule has 0 aliphatic rings. The number of carbonyl (C=O) groups excluding carboxylic acids is 2. The molecule has 2 rings (SSSR count). The summed E-state index contributed by atoms with van der Waals surface area (Å²) in [5.74, 6) is 0.228. The molecule has 0 aliphatic carbocycles. The lowest BCUT2D eigenvalue weighted by atomic mass is 9.98. The van der Waals surface area contributed by atoms with E-state index in [0.29, 0.717) is 11.3 Å². The highest BCUT2D eigenvalue weighted by atomic mass is 16.5. The highest BCUT2D eigenvalue weighted by Crippen LogP contribution is 2.31. The molecule has 0 spiro atoms. The van der Waals surface area contributed by atoms with E-state index in [1.54, 1.807) is 25.3 Å². The summed E-state index contributed by atoms with van der Waals surface area (Å²) in [6.07, 6.45) is 0.218. The Bertz CT molecular complexity index is 662. The minimum atomic E-state index is -0.384. The Morgan fingerprint density at radius 1 is 0.955 bits per heavy atom. The monoisotopic (exact) mass is 298 g/mol. The van der Waals surface area contributed by atoms with Crippen LogP contribution in [0.25, 0.3) is 11.1 Å². The predicted molar refractivity (Wildman–Crippen MR) is 84.0 cm³/mol. The Labute approximate surface area is 129 Å². The van der Waals surface area contributed by atoms with Crippen molar-refractivity contribution >= 4 is 11.8 Å². The molecule has 114 valence electrons. The van der Waals surface area contributed by atoms with E-state index < -0.39 is 0 Å². The minimum absolute atomic E-state index is 0.0854. The second-order valence-electron chi connectivity index (χ2n) is 4.78. The number of benzene rings is 2. The topological polar surface area (TPSA) is 52.6 Å². The molecule has 22 heavy (non-hydrogen) atoms. The molecule has 0 aromatic heterocycles. The Balaban J connectivity index is 2.27. The third-order valence-electron chi connectivity index (χ3n) is 3.39. The number of hydrogen-bond acceptors (Lipinski definition) is 4. The van der Waals surface area contributed by atoms with Crippen molar-refractivity contribution in [1.29, 1.82) is 0 Å². The van der Waals surface area contributed by atoms with Gasteiger partial charge in [0.1, 0.15) is 5.75 Å². The fraction of sp³-hybridized carbons (Fsp3) is 0.222. The molecule has 0 bridgehead atoms. The number of methoxy groups -OCH3 is 2. The van der Waals surface area contributed by atoms with Crippen molar-refractivity contribution in [1.82, 2.24) is 0 Å². The SMILES string of the molecule is COC(=O)CCC(=O)c1ccc(OC)c(-c2ccccc2)c1. The van der Waals surface area contributed by atoms with Gasteiger partial charge in [-0.15, -0.1) is 0 Å². The van der Waals surface area contributed by atoms with Gasteiger partial charge in [0.25, 0.3) is 0 Å². The van der Waals surface area contributed by atoms with Gasteiger partial charge in [0.05, 0.1) is 20.6 Å². The number of ether oxygens (including phenoxy) is 2. The van der Waals surface area contributed by atoms with Crippen LogP contribution in [0.2, 0.25) is 0 Å². The molecular weight excluding hydrogens is 280 g/mol. The molecule has 2 aromatic rings. The van der Waals surface area contributed by atoms with Gasteiger partial charge in [0, 0.05) is 17.5 Å². The van der Waals surface area contributed by atoms with Crippen molar-refractivity contribution in [2.45, 2.75) is 12.8 Å². The van der Waals surface area contributed by atoms with Gasteiger partial charge in [-0.1, -0.05) is 30.3 Å². The summed E-state index contributed by atoms with van der Waals surface area (Å²) in [5, 5.41) is 0. The van der Waals surface area contributed by atoms with Crippen LogP contribution in [0.5, 0.6) is 5.75 Å². The van der Waals surface area contributed by atoms with Gasteiger partial charge in [-0.25, -0.2) is 0 Å². The first-order valence-electron chi connectivity index (χ1n) is 6.99. The van der Waals surface area contributed by atoms with E-state index in [1.165, 1.54) is 7.11 Å². The number of hydrogen-bond donors (Lipinski definition) is 0. The van der Waals surface area contributed by atoms with Crippen molar-refractivity contribution in [3.63, 3.8) is 0 Å². The highest BCUT2D eigenvalue weighted by molar-refractivity contribution is 5.99. The van der Waals surface area contributed by atoms with E-state index in [0.717, 1.165) is 11.1 Å². The van der Waals surface area contributed by atoms with Crippen LogP contribution in [0, 0.1) is 0 Å². The smallest absolute Gasteiger partial charge is 0.305 e. The van der Waals surface area contributed by atoms with E-state index in [1.807, 2.05) is 30.3 Å². The molecule has 0 saturated heterocycles. The van der Waals surface area contributed by atoms with Gasteiger partial charge in [0.2, 0.25) is 0 Å². The third kappa shape index (κ3) is 3.73. The highest BCUT2D eigenvalue weighted by Gasteiger charge is 2.13. The van der Waals surface area contributed by atoms with Crippen molar-refractivity contribution in [2.75, 3.05) is 14.2 Å². The lowest BCUT2D eigenvalue weighted by molar-refractivity contribution is -0.140. The van der Waals surface area contributed by atoms with Crippen LogP contribution >= 0.6 is 0 Å². The Morgan fingerprint density at radius 3 is 2.32 bits per heavy atom. The average molecular weight is 298 g/mol. The van der Waals surface area contributed by atoms with E-state index in [9.17, 15) is 9.59 Å². The third-order valence-corrected chi connectivity index (χ3v) is 3.39. The van der Waals surface area contributed by atoms with Crippen LogP contribution < -0.4 is 4.74 Å². The summed E-state index contributed by atoms with van der Waals surface area (Å²) < 4.78 is 9.92. The lowest BCUT2D eigenvalue weighted by Gasteiger charge is -2.10. The maximum Gasteiger partial charge on any atom is 0.305 e. The first kappa shape index (κ1) is 15.8. The van der Waals surface area contributed by atoms with Crippen LogP contribution in [0.15, 0.2) is 48.5 Å². The minimum Gasteiger partial charge on any atom is -0.496 e. The van der Waals surface area contributed by atoms with Crippen molar-refractivity contribution in [2.24, 2.45) is 0 Å². The Hall–Kier alpha value is -2.62. The number of esters is 1. The molecule has 0 heterocycles. The number of rotatable bonds is 6. The average Bonchev–Trinajstić information content (AvgIpc) is 2.59. The molecule has 0 unspecified atom stereocenters. The predicted octanol–water partition coefficient (Wildman–Crippen LogP) is 3.50. The second kappa shape index (κ2) is 7.41. The van der Waals surface area contributed by atoms with Crippen LogP contribution in [-0.4, -0.2) is 26.0 Å². The van der Waals surface area contributed by atoms with Crippen LogP contribution in [-0.2, 0) is 9.53 Å². The van der Waals surface area contributed by atoms with Crippen molar-refractivity contribution in [3.8, 4) is 16.9 Å². The Morgan fingerprint density at radius 2 is 1.68 bits per heavy atom. The molecule has 0 fully saturated rings. The number of ketones is 1. The van der Waals surface area contributed by atoms with Crippen molar-refractivity contribution < 1.29 is 19.1 Å². The normalized spacial score (nSPS) is 10.1. The molecule has 4 nitrogen and oxygen atoms in total. The van der Waals surface area contributed by atoms with E-state index >= 15 is 0 Å². The number of carbonyl (C=O) groups is 2. The molecule has 0 aliphatic heterocycles. The molecule has 4 heteroatoms. The van der Waals surface area contributed by atoms with Gasteiger partial charge < -0.3 is 9.47 Å². The molecule has 0 saturated carbocycles. The fourth-order valence-electron chi connectivity index (χ4n) is 2.19. The van der Waals surface area contributed by atoms with Gasteiger partial charge in [-0.3, -0.25) is 9.59 Å². The summed E-state index contributed by atoms with van der Waals surface area (Å²) in [5.41, 5.74) is 2.39. The second-order valence-corrected chi connectivity index (χ2v) is 4.78. The van der Waals surface area contributed by atoms with Gasteiger partial charge in [0.15, 0.2) is 5.78 Å². The van der Waals surface area contributed by atoms with Gasteiger partial charge in [-0.2, -0.15) is 0 Å². The molecule has 0 N–H and O–H groups in total. The molecule has 0 radical (unpaired) electrons. The lowest BCUT2D eigenvalue weighted by Crippen LogP contribution is -2.06. The zero-order valence-corrected chi connectivity index (χ0v) is 12.7. The maximum atomic E-state index is 12.2. The first-order valence-corrected chi connectivity index (χ1v) is 6.99. The summed E-state index contributed by atoms with van der Waals surface area (Å²) in [7, 11) is 2.91. The van der Waals surface area contributed by atoms with E-state index in [-0.39, 0.29) is 24.6 Å². The summed E-state index contributed by atoms with van der Waals surface area (Å²) in [6, 6.07) is 15.0. The van der Waals surface area contributed by atoms with E-state index in [2.05, 4.69) is 4.74 Å².